The van der Waals surface area contributed by atoms with Gasteiger partial charge in [-0.2, -0.15) is 0 Å². The molecule has 0 bridgehead atoms. The number of rotatable bonds is 7. The van der Waals surface area contributed by atoms with Crippen LogP contribution in [-0.4, -0.2) is 42.3 Å². The maximum Gasteiger partial charge on any atom is 0.239 e. The fraction of sp³-hybridized carbons (Fsp3) is 0.318. The van der Waals surface area contributed by atoms with E-state index in [1.165, 1.54) is 21.9 Å². The molecule has 3 rings (SSSR count). The molecular weight excluding hydrogens is 411 g/mol. The van der Waals surface area contributed by atoms with Gasteiger partial charge in [-0.1, -0.05) is 12.1 Å². The standard InChI is InChI=1S/C22H22F3N3O3/c1-2-27(13-20(29)26-12-14-3-5-15(23)6-4-14)21(30)19-7-8-28(22(19)31)18-10-16(24)9-17(25)11-18/h3-6,9-11,19H,2,7-8,12-13H2,1H3,(H,26,29). The van der Waals surface area contributed by atoms with E-state index in [1.807, 2.05) is 0 Å². The SMILES string of the molecule is CCN(CC(=O)NCc1ccc(F)cc1)C(=O)C1CCN(c2cc(F)cc(F)c2)C1=O. The van der Waals surface area contributed by atoms with Crippen molar-refractivity contribution < 1.29 is 27.6 Å². The molecule has 3 amide bonds. The van der Waals surface area contributed by atoms with Crippen LogP contribution in [-0.2, 0) is 20.9 Å². The summed E-state index contributed by atoms with van der Waals surface area (Å²) in [5, 5.41) is 2.65. The van der Waals surface area contributed by atoms with E-state index in [2.05, 4.69) is 5.32 Å². The van der Waals surface area contributed by atoms with Gasteiger partial charge >= 0.3 is 0 Å². The van der Waals surface area contributed by atoms with Crippen LogP contribution in [0.5, 0.6) is 0 Å². The minimum Gasteiger partial charge on any atom is -0.350 e. The average molecular weight is 433 g/mol. The summed E-state index contributed by atoms with van der Waals surface area (Å²) in [6.45, 7) is 1.97. The Kier molecular flexibility index (Phi) is 6.94. The molecule has 0 spiro atoms. The third-order valence-corrected chi connectivity index (χ3v) is 5.09. The van der Waals surface area contributed by atoms with Gasteiger partial charge < -0.3 is 15.1 Å². The number of benzene rings is 2. The zero-order valence-electron chi connectivity index (χ0n) is 16.9. The molecule has 1 aliphatic rings. The zero-order valence-corrected chi connectivity index (χ0v) is 16.9. The van der Waals surface area contributed by atoms with Crippen LogP contribution in [0.1, 0.15) is 18.9 Å². The number of halogens is 3. The number of carbonyl (C=O) groups excluding carboxylic acids is 3. The van der Waals surface area contributed by atoms with Crippen LogP contribution in [0.3, 0.4) is 0 Å². The predicted octanol–water partition coefficient (Wildman–Crippen LogP) is 2.62. The van der Waals surface area contributed by atoms with Crippen LogP contribution in [0.2, 0.25) is 0 Å². The van der Waals surface area contributed by atoms with E-state index in [0.29, 0.717) is 11.6 Å². The largest absolute Gasteiger partial charge is 0.350 e. The summed E-state index contributed by atoms with van der Waals surface area (Å²) in [6.07, 6.45) is 0.184. The first-order valence-electron chi connectivity index (χ1n) is 9.86. The Labute approximate surface area is 177 Å². The number of nitrogens with one attached hydrogen (secondary N) is 1. The van der Waals surface area contributed by atoms with Crippen molar-refractivity contribution in [2.45, 2.75) is 19.9 Å². The van der Waals surface area contributed by atoms with Gasteiger partial charge in [-0.25, -0.2) is 13.2 Å². The number of hydrogen-bond donors (Lipinski definition) is 1. The highest BCUT2D eigenvalue weighted by Gasteiger charge is 2.40. The fourth-order valence-corrected chi connectivity index (χ4v) is 3.46. The van der Waals surface area contributed by atoms with Crippen LogP contribution in [0.15, 0.2) is 42.5 Å². The number of hydrogen-bond acceptors (Lipinski definition) is 3. The normalized spacial score (nSPS) is 15.8. The summed E-state index contributed by atoms with van der Waals surface area (Å²) < 4.78 is 39.9. The number of anilines is 1. The van der Waals surface area contributed by atoms with E-state index in [-0.39, 0.29) is 44.1 Å². The van der Waals surface area contributed by atoms with Crippen molar-refractivity contribution in [3.05, 3.63) is 65.5 Å². The maximum absolute atomic E-state index is 13.5. The highest BCUT2D eigenvalue weighted by atomic mass is 19.1. The first-order chi connectivity index (χ1) is 14.8. The minimum atomic E-state index is -1.02. The molecule has 1 aliphatic heterocycles. The van der Waals surface area contributed by atoms with Crippen molar-refractivity contribution in [2.24, 2.45) is 5.92 Å². The molecule has 6 nitrogen and oxygen atoms in total. The molecule has 2 aromatic rings. The van der Waals surface area contributed by atoms with Crippen LogP contribution < -0.4 is 10.2 Å². The second-order valence-electron chi connectivity index (χ2n) is 7.21. The van der Waals surface area contributed by atoms with Gasteiger partial charge in [0.2, 0.25) is 17.7 Å². The van der Waals surface area contributed by atoms with Gasteiger partial charge in [0.1, 0.15) is 23.4 Å². The van der Waals surface area contributed by atoms with Gasteiger partial charge in [0.15, 0.2) is 0 Å². The molecule has 0 radical (unpaired) electrons. The first-order valence-corrected chi connectivity index (χ1v) is 9.86. The van der Waals surface area contributed by atoms with Crippen molar-refractivity contribution >= 4 is 23.4 Å². The Hall–Kier alpha value is -3.36. The van der Waals surface area contributed by atoms with Gasteiger partial charge in [-0.05, 0) is 43.2 Å². The molecule has 1 atom stereocenters. The highest BCUT2D eigenvalue weighted by molar-refractivity contribution is 6.10. The summed E-state index contributed by atoms with van der Waals surface area (Å²) in [6, 6.07) is 8.42. The second kappa shape index (κ2) is 9.63. The van der Waals surface area contributed by atoms with Crippen molar-refractivity contribution in [3.63, 3.8) is 0 Å². The van der Waals surface area contributed by atoms with E-state index in [0.717, 1.165) is 12.1 Å². The molecule has 9 heteroatoms. The van der Waals surface area contributed by atoms with Crippen molar-refractivity contribution in [2.75, 3.05) is 24.5 Å². The third-order valence-electron chi connectivity index (χ3n) is 5.09. The molecule has 1 unspecified atom stereocenters. The van der Waals surface area contributed by atoms with Crippen molar-refractivity contribution in [1.82, 2.24) is 10.2 Å². The smallest absolute Gasteiger partial charge is 0.239 e. The quantitative estimate of drug-likeness (QED) is 0.683. The minimum absolute atomic E-state index is 0.0536. The summed E-state index contributed by atoms with van der Waals surface area (Å²) in [7, 11) is 0. The second-order valence-corrected chi connectivity index (χ2v) is 7.21. The van der Waals surface area contributed by atoms with E-state index < -0.39 is 35.3 Å². The molecule has 0 aliphatic carbocycles. The van der Waals surface area contributed by atoms with Crippen LogP contribution >= 0.6 is 0 Å². The highest BCUT2D eigenvalue weighted by Crippen LogP contribution is 2.27. The number of nitrogens with zero attached hydrogens (tertiary/aromatic N) is 2. The van der Waals surface area contributed by atoms with E-state index in [4.69, 9.17) is 0 Å². The molecule has 1 heterocycles. The zero-order chi connectivity index (χ0) is 22.5. The van der Waals surface area contributed by atoms with Gasteiger partial charge in [-0.15, -0.1) is 0 Å². The molecule has 2 aromatic carbocycles. The molecule has 1 N–H and O–H groups in total. The molecule has 0 saturated carbocycles. The Morgan fingerprint density at radius 3 is 2.32 bits per heavy atom. The number of amides is 3. The summed E-state index contributed by atoms with van der Waals surface area (Å²) in [5.41, 5.74) is 0.756. The summed E-state index contributed by atoms with van der Waals surface area (Å²) in [4.78, 5) is 40.3. The fourth-order valence-electron chi connectivity index (χ4n) is 3.46. The maximum atomic E-state index is 13.5. The molecule has 0 aromatic heterocycles. The molecule has 164 valence electrons. The lowest BCUT2D eigenvalue weighted by molar-refractivity contribution is -0.142. The van der Waals surface area contributed by atoms with Gasteiger partial charge in [-0.3, -0.25) is 14.4 Å². The Bertz CT molecular complexity index is 961. The lowest BCUT2D eigenvalue weighted by Gasteiger charge is -2.23. The Balaban J connectivity index is 1.60. The lowest BCUT2D eigenvalue weighted by Crippen LogP contribution is -2.45. The topological polar surface area (TPSA) is 69.7 Å². The van der Waals surface area contributed by atoms with Crippen LogP contribution in [0, 0.1) is 23.4 Å². The monoisotopic (exact) mass is 433 g/mol. The van der Waals surface area contributed by atoms with Crippen LogP contribution in [0.25, 0.3) is 0 Å². The molecule has 31 heavy (non-hydrogen) atoms. The lowest BCUT2D eigenvalue weighted by atomic mass is 10.1. The van der Waals surface area contributed by atoms with Gasteiger partial charge in [0, 0.05) is 31.4 Å². The Morgan fingerprint density at radius 1 is 1.06 bits per heavy atom. The van der Waals surface area contributed by atoms with Crippen molar-refractivity contribution in [1.29, 1.82) is 0 Å². The van der Waals surface area contributed by atoms with E-state index in [1.54, 1.807) is 19.1 Å². The first kappa shape index (κ1) is 22.3. The number of likely N-dealkylation sites (N-methyl/N-ethyl adjacent to an activating group) is 1. The van der Waals surface area contributed by atoms with Gasteiger partial charge in [0.05, 0.1) is 6.54 Å². The molecule has 1 fully saturated rings. The van der Waals surface area contributed by atoms with E-state index >= 15 is 0 Å². The molecular formula is C22H22F3N3O3. The predicted molar refractivity (Wildman–Crippen MR) is 107 cm³/mol. The number of carbonyl (C=O) groups is 3. The van der Waals surface area contributed by atoms with Crippen LogP contribution in [0.4, 0.5) is 18.9 Å². The summed E-state index contributed by atoms with van der Waals surface area (Å²) >= 11 is 0. The van der Waals surface area contributed by atoms with Gasteiger partial charge in [0.25, 0.3) is 0 Å². The third kappa shape index (κ3) is 5.42. The average Bonchev–Trinajstić information content (AvgIpc) is 3.11. The molecule has 1 saturated heterocycles. The summed E-state index contributed by atoms with van der Waals surface area (Å²) in [5.74, 6) is -4.51. The van der Waals surface area contributed by atoms with E-state index in [9.17, 15) is 27.6 Å². The van der Waals surface area contributed by atoms with Crippen molar-refractivity contribution in [3.8, 4) is 0 Å². The Morgan fingerprint density at radius 2 is 1.71 bits per heavy atom.